The van der Waals surface area contributed by atoms with Crippen LogP contribution in [0, 0.1) is 0 Å². The van der Waals surface area contributed by atoms with E-state index in [1.165, 1.54) is 16.1 Å². The lowest BCUT2D eigenvalue weighted by Crippen LogP contribution is -2.32. The van der Waals surface area contributed by atoms with Gasteiger partial charge in [-0.15, -0.1) is 0 Å². The van der Waals surface area contributed by atoms with E-state index in [9.17, 15) is 8.42 Å². The van der Waals surface area contributed by atoms with E-state index in [1.54, 1.807) is 12.1 Å². The minimum absolute atomic E-state index is 0.336. The largest absolute Gasteiger partial charge is 0.265 e. The van der Waals surface area contributed by atoms with Crippen LogP contribution in [0.15, 0.2) is 34.2 Å². The van der Waals surface area contributed by atoms with Crippen molar-refractivity contribution in [2.75, 3.05) is 19.3 Å². The number of rotatable bonds is 3. The quantitative estimate of drug-likeness (QED) is 0.852. The molecule has 18 heavy (non-hydrogen) atoms. The van der Waals surface area contributed by atoms with Gasteiger partial charge in [-0.05, 0) is 30.4 Å². The van der Waals surface area contributed by atoms with Gasteiger partial charge in [0.1, 0.15) is 0 Å². The fraction of sp³-hybridized carbons (Fsp3) is 0.417. The highest BCUT2D eigenvalue weighted by Gasteiger charge is 2.29. The molecule has 0 amide bonds. The second-order valence-electron chi connectivity index (χ2n) is 3.94. The van der Waals surface area contributed by atoms with Crippen molar-refractivity contribution in [3.8, 4) is 0 Å². The van der Waals surface area contributed by atoms with Gasteiger partial charge in [0, 0.05) is 0 Å². The van der Waals surface area contributed by atoms with Gasteiger partial charge in [-0.3, -0.25) is 4.99 Å². The Hall–Kier alpha value is -1.01. The molecule has 4 nitrogen and oxygen atoms in total. The van der Waals surface area contributed by atoms with E-state index < -0.39 is 10.0 Å². The van der Waals surface area contributed by atoms with Crippen LogP contribution in [0.3, 0.4) is 0 Å². The number of hydrogen-bond acceptors (Lipinski definition) is 4. The molecule has 6 heteroatoms. The molecular weight excluding hydrogens is 268 g/mol. The molecule has 0 atom stereocenters. The van der Waals surface area contributed by atoms with Crippen molar-refractivity contribution in [3.05, 3.63) is 29.8 Å². The predicted molar refractivity (Wildman–Crippen MR) is 75.5 cm³/mol. The first-order valence-electron chi connectivity index (χ1n) is 5.79. The van der Waals surface area contributed by atoms with Gasteiger partial charge in [-0.2, -0.15) is 0 Å². The molecule has 0 saturated carbocycles. The number of aryl methyl sites for hydroxylation is 1. The Morgan fingerprint density at radius 3 is 2.56 bits per heavy atom. The molecule has 1 aromatic carbocycles. The van der Waals surface area contributed by atoms with Crippen LogP contribution in [0.5, 0.6) is 0 Å². The van der Waals surface area contributed by atoms with Crippen molar-refractivity contribution >= 4 is 27.0 Å². The van der Waals surface area contributed by atoms with Crippen LogP contribution in [-0.4, -0.2) is 37.2 Å². The van der Waals surface area contributed by atoms with Crippen molar-refractivity contribution < 1.29 is 8.42 Å². The summed E-state index contributed by atoms with van der Waals surface area (Å²) in [7, 11) is -3.44. The topological polar surface area (TPSA) is 49.7 Å². The van der Waals surface area contributed by atoms with Gasteiger partial charge in [0.15, 0.2) is 5.17 Å². The first kappa shape index (κ1) is 13.4. The summed E-state index contributed by atoms with van der Waals surface area (Å²) in [5.41, 5.74) is 1.13. The van der Waals surface area contributed by atoms with Crippen LogP contribution in [0.1, 0.15) is 12.5 Å². The highest BCUT2D eigenvalue weighted by molar-refractivity contribution is 8.14. The SMILES string of the molecule is CCc1ccc(S(=O)(=O)N2CCN=C2SC)cc1. The lowest BCUT2D eigenvalue weighted by Gasteiger charge is -2.19. The molecule has 0 bridgehead atoms. The van der Waals surface area contributed by atoms with E-state index >= 15 is 0 Å². The maximum Gasteiger partial charge on any atom is 0.265 e. The van der Waals surface area contributed by atoms with Gasteiger partial charge in [-0.25, -0.2) is 12.7 Å². The third-order valence-electron chi connectivity index (χ3n) is 2.87. The molecule has 1 aliphatic rings. The minimum atomic E-state index is -3.44. The van der Waals surface area contributed by atoms with Gasteiger partial charge in [0.2, 0.25) is 0 Å². The zero-order valence-corrected chi connectivity index (χ0v) is 12.1. The Balaban J connectivity index is 2.33. The minimum Gasteiger partial charge on any atom is -0.260 e. The summed E-state index contributed by atoms with van der Waals surface area (Å²) in [6.07, 6.45) is 2.74. The third-order valence-corrected chi connectivity index (χ3v) is 5.50. The molecule has 0 aromatic heterocycles. The van der Waals surface area contributed by atoms with E-state index in [0.717, 1.165) is 12.0 Å². The van der Waals surface area contributed by atoms with Crippen molar-refractivity contribution in [2.45, 2.75) is 18.2 Å². The van der Waals surface area contributed by atoms with Crippen LogP contribution in [0.4, 0.5) is 0 Å². The number of amidine groups is 1. The van der Waals surface area contributed by atoms with Gasteiger partial charge in [-0.1, -0.05) is 30.8 Å². The molecule has 0 N–H and O–H groups in total. The fourth-order valence-corrected chi connectivity index (χ4v) is 4.18. The number of benzene rings is 1. The number of sulfonamides is 1. The summed E-state index contributed by atoms with van der Waals surface area (Å²) < 4.78 is 26.3. The van der Waals surface area contributed by atoms with Crippen molar-refractivity contribution in [2.24, 2.45) is 4.99 Å². The molecule has 0 saturated heterocycles. The Morgan fingerprint density at radius 1 is 1.33 bits per heavy atom. The summed E-state index contributed by atoms with van der Waals surface area (Å²) in [5, 5.41) is 0.578. The molecule has 1 heterocycles. The zero-order valence-electron chi connectivity index (χ0n) is 10.5. The first-order valence-corrected chi connectivity index (χ1v) is 8.46. The lowest BCUT2D eigenvalue weighted by atomic mass is 10.2. The molecule has 0 spiro atoms. The molecule has 0 aliphatic carbocycles. The monoisotopic (exact) mass is 284 g/mol. The second kappa shape index (κ2) is 5.32. The van der Waals surface area contributed by atoms with Gasteiger partial charge in [0.05, 0.1) is 18.0 Å². The maximum absolute atomic E-state index is 12.4. The van der Waals surface area contributed by atoms with Crippen LogP contribution in [-0.2, 0) is 16.4 Å². The first-order chi connectivity index (χ1) is 8.59. The van der Waals surface area contributed by atoms with Crippen molar-refractivity contribution in [3.63, 3.8) is 0 Å². The standard InChI is InChI=1S/C12H16N2O2S2/c1-3-10-4-6-11(7-5-10)18(15,16)14-9-8-13-12(14)17-2/h4-7H,3,8-9H2,1-2H3. The van der Waals surface area contributed by atoms with E-state index in [4.69, 9.17) is 0 Å². The zero-order chi connectivity index (χ0) is 13.2. The highest BCUT2D eigenvalue weighted by Crippen LogP contribution is 2.22. The third kappa shape index (κ3) is 2.40. The fourth-order valence-electron chi connectivity index (χ4n) is 1.82. The summed E-state index contributed by atoms with van der Waals surface area (Å²) in [5.74, 6) is 0. The predicted octanol–water partition coefficient (Wildman–Crippen LogP) is 1.97. The molecule has 0 radical (unpaired) electrons. The number of nitrogens with zero attached hydrogens (tertiary/aromatic N) is 2. The number of aliphatic imine (C=N–C) groups is 1. The molecule has 98 valence electrons. The smallest absolute Gasteiger partial charge is 0.260 e. The number of hydrogen-bond donors (Lipinski definition) is 0. The molecule has 1 aromatic rings. The molecule has 2 rings (SSSR count). The molecule has 0 unspecified atom stereocenters. The van der Waals surface area contributed by atoms with E-state index in [2.05, 4.69) is 4.99 Å². The van der Waals surface area contributed by atoms with E-state index in [0.29, 0.717) is 23.2 Å². The van der Waals surface area contributed by atoms with Gasteiger partial charge in [0.25, 0.3) is 10.0 Å². The summed E-state index contributed by atoms with van der Waals surface area (Å²) >= 11 is 1.37. The van der Waals surface area contributed by atoms with Crippen LogP contribution in [0.2, 0.25) is 0 Å². The summed E-state index contributed by atoms with van der Waals surface area (Å²) in [6.45, 7) is 3.03. The lowest BCUT2D eigenvalue weighted by molar-refractivity contribution is 0.540. The Labute approximate surface area is 112 Å². The van der Waals surface area contributed by atoms with Gasteiger partial charge >= 0.3 is 0 Å². The molecule has 0 fully saturated rings. The average molecular weight is 284 g/mol. The molecule has 1 aliphatic heterocycles. The molecular formula is C12H16N2O2S2. The highest BCUT2D eigenvalue weighted by atomic mass is 32.2. The summed E-state index contributed by atoms with van der Waals surface area (Å²) in [4.78, 5) is 4.52. The van der Waals surface area contributed by atoms with Crippen LogP contribution < -0.4 is 0 Å². The van der Waals surface area contributed by atoms with Crippen LogP contribution >= 0.6 is 11.8 Å². The van der Waals surface area contributed by atoms with Gasteiger partial charge < -0.3 is 0 Å². The van der Waals surface area contributed by atoms with E-state index in [1.807, 2.05) is 25.3 Å². The Morgan fingerprint density at radius 2 is 2.00 bits per heavy atom. The Kier molecular flexibility index (Phi) is 3.97. The average Bonchev–Trinajstić information content (AvgIpc) is 2.88. The Bertz CT molecular complexity index is 550. The normalized spacial score (nSPS) is 15.9. The second-order valence-corrected chi connectivity index (χ2v) is 6.58. The number of thioether (sulfide) groups is 1. The van der Waals surface area contributed by atoms with E-state index in [-0.39, 0.29) is 0 Å². The summed E-state index contributed by atoms with van der Waals surface area (Å²) in [6, 6.07) is 7.06. The van der Waals surface area contributed by atoms with Crippen molar-refractivity contribution in [1.82, 2.24) is 4.31 Å². The maximum atomic E-state index is 12.4. The van der Waals surface area contributed by atoms with Crippen LogP contribution in [0.25, 0.3) is 0 Å². The van der Waals surface area contributed by atoms with Crippen molar-refractivity contribution in [1.29, 1.82) is 0 Å².